The van der Waals surface area contributed by atoms with Crippen molar-refractivity contribution < 1.29 is 24.9 Å². The average molecular weight is 221 g/mol. The van der Waals surface area contributed by atoms with Crippen molar-refractivity contribution in [2.45, 2.75) is 51.7 Å². The van der Waals surface area contributed by atoms with E-state index in [-0.39, 0.29) is 0 Å². The number of aliphatic hydroxyl groups is 3. The third kappa shape index (κ3) is 9.45. The Labute approximate surface area is 88.9 Å². The third-order valence-electron chi connectivity index (χ3n) is 1.35. The fourth-order valence-electron chi connectivity index (χ4n) is 0.946. The summed E-state index contributed by atoms with van der Waals surface area (Å²) in [7, 11) is 0. The van der Waals surface area contributed by atoms with Gasteiger partial charge < -0.3 is 25.4 Å². The summed E-state index contributed by atoms with van der Waals surface area (Å²) in [5.41, 5.74) is -0.425. The molecular formula is C9H19NO5. The number of ether oxygens (including phenoxy) is 1. The van der Waals surface area contributed by atoms with E-state index in [2.05, 4.69) is 5.32 Å². The highest BCUT2D eigenvalue weighted by atomic mass is 16.7. The summed E-state index contributed by atoms with van der Waals surface area (Å²) in [5, 5.41) is 28.4. The fraction of sp³-hybridized carbons (Fsp3) is 0.889. The second-order valence-corrected chi connectivity index (χ2v) is 4.57. The van der Waals surface area contributed by atoms with Crippen LogP contribution in [0.4, 0.5) is 4.79 Å². The molecule has 90 valence electrons. The van der Waals surface area contributed by atoms with E-state index >= 15 is 0 Å². The molecule has 0 aromatic rings. The number of hydrogen-bond donors (Lipinski definition) is 4. The summed E-state index contributed by atoms with van der Waals surface area (Å²) in [6, 6.07) is 0. The molecule has 0 aromatic carbocycles. The average Bonchev–Trinajstić information content (AvgIpc) is 1.73. The molecule has 0 aliphatic carbocycles. The molecule has 0 aromatic heterocycles. The molecular weight excluding hydrogens is 202 g/mol. The Hall–Kier alpha value is -0.850. The van der Waals surface area contributed by atoms with E-state index in [1.165, 1.54) is 6.92 Å². The maximum absolute atomic E-state index is 11.2. The molecule has 1 unspecified atom stereocenters. The Kier molecular flexibility index (Phi) is 4.51. The lowest BCUT2D eigenvalue weighted by atomic mass is 10.1. The Bertz CT molecular complexity index is 216. The van der Waals surface area contributed by atoms with Gasteiger partial charge in [-0.15, -0.1) is 0 Å². The zero-order valence-electron chi connectivity index (χ0n) is 9.44. The molecule has 0 bridgehead atoms. The Morgan fingerprint density at radius 2 is 1.80 bits per heavy atom. The predicted octanol–water partition coefficient (Wildman–Crippen LogP) is -0.0796. The molecule has 0 aliphatic heterocycles. The topological polar surface area (TPSA) is 99.0 Å². The number of carbonyl (C=O) groups is 1. The Balaban J connectivity index is 3.98. The van der Waals surface area contributed by atoms with Gasteiger partial charge in [0.05, 0.1) is 6.42 Å². The van der Waals surface area contributed by atoms with Crippen LogP contribution in [-0.4, -0.2) is 39.0 Å². The van der Waals surface area contributed by atoms with Gasteiger partial charge in [0, 0.05) is 5.54 Å². The molecule has 0 heterocycles. The van der Waals surface area contributed by atoms with Crippen LogP contribution in [0, 0.1) is 0 Å². The largest absolute Gasteiger partial charge is 0.446 e. The summed E-state index contributed by atoms with van der Waals surface area (Å²) < 4.78 is 4.77. The Morgan fingerprint density at radius 1 is 1.33 bits per heavy atom. The van der Waals surface area contributed by atoms with Gasteiger partial charge in [-0.05, 0) is 27.7 Å². The first-order valence-electron chi connectivity index (χ1n) is 4.65. The highest BCUT2D eigenvalue weighted by molar-refractivity contribution is 5.68. The normalized spacial score (nSPS) is 14.6. The summed E-state index contributed by atoms with van der Waals surface area (Å²) in [6.45, 7) is 6.80. The summed E-state index contributed by atoms with van der Waals surface area (Å²) in [4.78, 5) is 11.2. The van der Waals surface area contributed by atoms with Gasteiger partial charge in [0.15, 0.2) is 0 Å². The molecule has 0 fully saturated rings. The van der Waals surface area contributed by atoms with E-state index < -0.39 is 30.1 Å². The Morgan fingerprint density at radius 3 is 2.13 bits per heavy atom. The lowest BCUT2D eigenvalue weighted by molar-refractivity contribution is -0.321. The van der Waals surface area contributed by atoms with E-state index in [4.69, 9.17) is 20.1 Å². The van der Waals surface area contributed by atoms with Crippen LogP contribution in [0.2, 0.25) is 0 Å². The minimum absolute atomic E-state index is 0.425. The van der Waals surface area contributed by atoms with Crippen molar-refractivity contribution in [2.75, 3.05) is 0 Å². The molecule has 1 atom stereocenters. The monoisotopic (exact) mass is 221 g/mol. The number of rotatable bonds is 3. The molecule has 0 saturated carbocycles. The van der Waals surface area contributed by atoms with Crippen LogP contribution < -0.4 is 5.32 Å². The lowest BCUT2D eigenvalue weighted by Gasteiger charge is -2.23. The van der Waals surface area contributed by atoms with Crippen LogP contribution in [0.5, 0.6) is 0 Å². The van der Waals surface area contributed by atoms with Gasteiger partial charge in [-0.1, -0.05) is 0 Å². The maximum Gasteiger partial charge on any atom is 0.407 e. The van der Waals surface area contributed by atoms with Gasteiger partial charge in [0.2, 0.25) is 0 Å². The summed E-state index contributed by atoms with van der Waals surface area (Å²) in [5.74, 6) is -2.82. The van der Waals surface area contributed by atoms with Crippen molar-refractivity contribution in [1.29, 1.82) is 0 Å². The molecule has 15 heavy (non-hydrogen) atoms. The third-order valence-corrected chi connectivity index (χ3v) is 1.35. The fourth-order valence-corrected chi connectivity index (χ4v) is 0.946. The smallest absolute Gasteiger partial charge is 0.407 e. The number of amides is 1. The van der Waals surface area contributed by atoms with Crippen molar-refractivity contribution >= 4 is 6.09 Å². The van der Waals surface area contributed by atoms with Gasteiger partial charge >= 0.3 is 6.09 Å². The van der Waals surface area contributed by atoms with E-state index in [0.717, 1.165) is 0 Å². The molecule has 0 aliphatic rings. The van der Waals surface area contributed by atoms with Crippen LogP contribution in [0.1, 0.15) is 34.1 Å². The second-order valence-electron chi connectivity index (χ2n) is 4.57. The second kappa shape index (κ2) is 4.78. The predicted molar refractivity (Wildman–Crippen MR) is 52.8 cm³/mol. The van der Waals surface area contributed by atoms with Crippen molar-refractivity contribution in [2.24, 2.45) is 0 Å². The lowest BCUT2D eigenvalue weighted by Crippen LogP contribution is -2.43. The minimum Gasteiger partial charge on any atom is -0.446 e. The number of hydrogen-bond acceptors (Lipinski definition) is 5. The van der Waals surface area contributed by atoms with Crippen LogP contribution >= 0.6 is 0 Å². The van der Waals surface area contributed by atoms with Crippen LogP contribution in [-0.2, 0) is 4.74 Å². The molecule has 0 radical (unpaired) electrons. The molecule has 0 spiro atoms. The zero-order valence-corrected chi connectivity index (χ0v) is 9.44. The number of carbonyl (C=O) groups excluding carboxylic acids is 1. The summed E-state index contributed by atoms with van der Waals surface area (Å²) in [6.07, 6.45) is -1.93. The standard InChI is InChI=1S/C9H19NO5/c1-6(5-9(12,13)14)15-7(11)10-8(2,3)4/h6,12-14H,5H2,1-4H3,(H,10,11). The molecule has 6 nitrogen and oxygen atoms in total. The minimum atomic E-state index is -2.82. The molecule has 6 heteroatoms. The van der Waals surface area contributed by atoms with Gasteiger partial charge in [-0.2, -0.15) is 0 Å². The van der Waals surface area contributed by atoms with Crippen molar-refractivity contribution in [3.05, 3.63) is 0 Å². The molecule has 0 saturated heterocycles. The van der Waals surface area contributed by atoms with Crippen LogP contribution in [0.15, 0.2) is 0 Å². The van der Waals surface area contributed by atoms with Gasteiger partial charge in [-0.25, -0.2) is 4.79 Å². The quantitative estimate of drug-likeness (QED) is 0.500. The van der Waals surface area contributed by atoms with Gasteiger partial charge in [-0.3, -0.25) is 0 Å². The van der Waals surface area contributed by atoms with Crippen LogP contribution in [0.3, 0.4) is 0 Å². The van der Waals surface area contributed by atoms with Crippen molar-refractivity contribution in [3.63, 3.8) is 0 Å². The highest BCUT2D eigenvalue weighted by Crippen LogP contribution is 2.09. The van der Waals surface area contributed by atoms with Crippen LogP contribution in [0.25, 0.3) is 0 Å². The van der Waals surface area contributed by atoms with Crippen molar-refractivity contribution in [1.82, 2.24) is 5.32 Å². The molecule has 0 rings (SSSR count). The van der Waals surface area contributed by atoms with E-state index in [9.17, 15) is 4.79 Å². The first-order chi connectivity index (χ1) is 6.49. The molecule has 1 amide bonds. The van der Waals surface area contributed by atoms with Gasteiger partial charge in [0.1, 0.15) is 6.10 Å². The van der Waals surface area contributed by atoms with Gasteiger partial charge in [0.25, 0.3) is 5.97 Å². The SMILES string of the molecule is CC(CC(O)(O)O)OC(=O)NC(C)(C)C. The molecule has 4 N–H and O–H groups in total. The van der Waals surface area contributed by atoms with Crippen molar-refractivity contribution in [3.8, 4) is 0 Å². The maximum atomic E-state index is 11.2. The first-order valence-corrected chi connectivity index (χ1v) is 4.65. The van der Waals surface area contributed by atoms with E-state index in [1.807, 2.05) is 0 Å². The number of alkyl carbamates (subject to hydrolysis) is 1. The highest BCUT2D eigenvalue weighted by Gasteiger charge is 2.25. The number of nitrogens with one attached hydrogen (secondary N) is 1. The summed E-state index contributed by atoms with van der Waals surface area (Å²) >= 11 is 0. The van der Waals surface area contributed by atoms with E-state index in [0.29, 0.717) is 0 Å². The zero-order chi connectivity index (χ0) is 12.3. The van der Waals surface area contributed by atoms with E-state index in [1.54, 1.807) is 20.8 Å². The first kappa shape index (κ1) is 14.2.